The van der Waals surface area contributed by atoms with Gasteiger partial charge in [-0.25, -0.2) is 4.39 Å². The molecule has 0 aliphatic carbocycles. The van der Waals surface area contributed by atoms with Crippen LogP contribution in [0, 0.1) is 12.7 Å². The first-order valence-corrected chi connectivity index (χ1v) is 9.38. The van der Waals surface area contributed by atoms with Gasteiger partial charge in [-0.15, -0.1) is 0 Å². The molecule has 2 aromatic rings. The Morgan fingerprint density at radius 2 is 1.88 bits per heavy atom. The van der Waals surface area contributed by atoms with Gasteiger partial charge in [0.25, 0.3) is 5.91 Å². The number of nitrogens with zero attached hydrogens (tertiary/aromatic N) is 1. The summed E-state index contributed by atoms with van der Waals surface area (Å²) in [6, 6.07) is 12.8. The maximum absolute atomic E-state index is 13.2. The molecule has 0 radical (unpaired) electrons. The zero-order valence-corrected chi connectivity index (χ0v) is 15.9. The molecule has 0 saturated carbocycles. The van der Waals surface area contributed by atoms with Crippen molar-refractivity contribution in [3.8, 4) is 0 Å². The van der Waals surface area contributed by atoms with Gasteiger partial charge in [-0.05, 0) is 72.5 Å². The van der Waals surface area contributed by atoms with Crippen LogP contribution in [-0.2, 0) is 0 Å². The number of carbonyl (C=O) groups is 1. The van der Waals surface area contributed by atoms with Crippen LogP contribution in [0.4, 0.5) is 4.39 Å². The minimum Gasteiger partial charge on any atom is -0.350 e. The highest BCUT2D eigenvalue weighted by atomic mass is 79.9. The number of benzene rings is 2. The SMILES string of the molecule is Cc1ccc(C(CNC(=O)c2ccc(F)cc2Br)N2CCCC2)cc1. The Morgan fingerprint density at radius 3 is 2.52 bits per heavy atom. The second-order valence-electron chi connectivity index (χ2n) is 6.50. The van der Waals surface area contributed by atoms with Crippen LogP contribution in [0.25, 0.3) is 0 Å². The van der Waals surface area contributed by atoms with E-state index in [1.807, 2.05) is 0 Å². The Kier molecular flexibility index (Phi) is 5.86. The molecule has 0 aromatic heterocycles. The van der Waals surface area contributed by atoms with Crippen LogP contribution in [-0.4, -0.2) is 30.4 Å². The van der Waals surface area contributed by atoms with Gasteiger partial charge in [0.1, 0.15) is 5.82 Å². The average Bonchev–Trinajstić information content (AvgIpc) is 3.10. The fraction of sp³-hybridized carbons (Fsp3) is 0.350. The van der Waals surface area contributed by atoms with E-state index in [0.29, 0.717) is 16.6 Å². The highest BCUT2D eigenvalue weighted by Crippen LogP contribution is 2.25. The molecule has 25 heavy (non-hydrogen) atoms. The van der Waals surface area contributed by atoms with Gasteiger partial charge in [0.05, 0.1) is 11.6 Å². The Hall–Kier alpha value is -1.72. The molecule has 3 rings (SSSR count). The van der Waals surface area contributed by atoms with Crippen LogP contribution >= 0.6 is 15.9 Å². The minimum atomic E-state index is -0.363. The van der Waals surface area contributed by atoms with Gasteiger partial charge in [-0.1, -0.05) is 29.8 Å². The standard InChI is InChI=1S/C20H22BrFN2O/c1-14-4-6-15(7-5-14)19(24-10-2-3-11-24)13-23-20(25)17-9-8-16(22)12-18(17)21/h4-9,12,19H,2-3,10-11,13H2,1H3,(H,23,25). The molecule has 0 bridgehead atoms. The van der Waals surface area contributed by atoms with Crippen LogP contribution in [0.15, 0.2) is 46.9 Å². The first kappa shape index (κ1) is 18.1. The number of likely N-dealkylation sites (tertiary alicyclic amines) is 1. The van der Waals surface area contributed by atoms with Crippen LogP contribution in [0.2, 0.25) is 0 Å². The fourth-order valence-electron chi connectivity index (χ4n) is 3.26. The number of hydrogen-bond acceptors (Lipinski definition) is 2. The molecule has 1 heterocycles. The molecule has 1 saturated heterocycles. The summed E-state index contributed by atoms with van der Waals surface area (Å²) in [7, 11) is 0. The molecular weight excluding hydrogens is 383 g/mol. The van der Waals surface area contributed by atoms with Crippen molar-refractivity contribution < 1.29 is 9.18 Å². The number of amides is 1. The molecule has 1 amide bonds. The molecule has 1 N–H and O–H groups in total. The number of aryl methyl sites for hydroxylation is 1. The van der Waals surface area contributed by atoms with Gasteiger partial charge in [0, 0.05) is 11.0 Å². The summed E-state index contributed by atoms with van der Waals surface area (Å²) in [5.41, 5.74) is 2.89. The fourth-order valence-corrected chi connectivity index (χ4v) is 3.79. The minimum absolute atomic E-state index is 0.159. The van der Waals surface area contributed by atoms with Crippen molar-refractivity contribution in [2.75, 3.05) is 19.6 Å². The predicted octanol–water partition coefficient (Wildman–Crippen LogP) is 4.46. The van der Waals surface area contributed by atoms with Gasteiger partial charge in [0.15, 0.2) is 0 Å². The molecular formula is C20H22BrFN2O. The molecule has 132 valence electrons. The molecule has 1 fully saturated rings. The summed E-state index contributed by atoms with van der Waals surface area (Å²) in [5.74, 6) is -0.554. The van der Waals surface area contributed by atoms with Crippen molar-refractivity contribution in [1.29, 1.82) is 0 Å². The Morgan fingerprint density at radius 1 is 1.20 bits per heavy atom. The van der Waals surface area contributed by atoms with Gasteiger partial charge in [0.2, 0.25) is 0 Å². The number of hydrogen-bond donors (Lipinski definition) is 1. The van der Waals surface area contributed by atoms with Crippen LogP contribution in [0.1, 0.15) is 40.4 Å². The van der Waals surface area contributed by atoms with Crippen molar-refractivity contribution in [3.05, 3.63) is 69.4 Å². The van der Waals surface area contributed by atoms with Crippen molar-refractivity contribution >= 4 is 21.8 Å². The van der Waals surface area contributed by atoms with Gasteiger partial charge in [-0.3, -0.25) is 9.69 Å². The molecule has 3 nitrogen and oxygen atoms in total. The second-order valence-corrected chi connectivity index (χ2v) is 7.36. The third-order valence-electron chi connectivity index (χ3n) is 4.68. The van der Waals surface area contributed by atoms with E-state index in [-0.39, 0.29) is 17.8 Å². The van der Waals surface area contributed by atoms with Gasteiger partial charge < -0.3 is 5.32 Å². The molecule has 1 aliphatic rings. The van der Waals surface area contributed by atoms with Crippen LogP contribution in [0.3, 0.4) is 0 Å². The van der Waals surface area contributed by atoms with E-state index in [1.54, 1.807) is 0 Å². The lowest BCUT2D eigenvalue weighted by Crippen LogP contribution is -2.36. The van der Waals surface area contributed by atoms with E-state index in [0.717, 1.165) is 13.1 Å². The Balaban J connectivity index is 1.73. The monoisotopic (exact) mass is 404 g/mol. The third-order valence-corrected chi connectivity index (χ3v) is 5.33. The van der Waals surface area contributed by atoms with E-state index in [4.69, 9.17) is 0 Å². The Bertz CT molecular complexity index is 742. The Labute approximate surface area is 156 Å². The van der Waals surface area contributed by atoms with E-state index >= 15 is 0 Å². The molecule has 1 aliphatic heterocycles. The van der Waals surface area contributed by atoms with E-state index < -0.39 is 0 Å². The first-order valence-electron chi connectivity index (χ1n) is 8.58. The topological polar surface area (TPSA) is 32.3 Å². The number of halogens is 2. The quantitative estimate of drug-likeness (QED) is 0.797. The second kappa shape index (κ2) is 8.11. The maximum Gasteiger partial charge on any atom is 0.252 e. The van der Waals surface area contributed by atoms with Crippen molar-refractivity contribution in [1.82, 2.24) is 10.2 Å². The van der Waals surface area contributed by atoms with E-state index in [2.05, 4.69) is 57.3 Å². The summed E-state index contributed by atoms with van der Waals surface area (Å²) < 4.78 is 13.7. The van der Waals surface area contributed by atoms with Crippen molar-refractivity contribution in [2.24, 2.45) is 0 Å². The van der Waals surface area contributed by atoms with Gasteiger partial charge in [-0.2, -0.15) is 0 Å². The van der Waals surface area contributed by atoms with Crippen molar-refractivity contribution in [2.45, 2.75) is 25.8 Å². The first-order chi connectivity index (χ1) is 12.0. The highest BCUT2D eigenvalue weighted by Gasteiger charge is 2.24. The smallest absolute Gasteiger partial charge is 0.252 e. The van der Waals surface area contributed by atoms with E-state index in [1.165, 1.54) is 42.2 Å². The number of nitrogens with one attached hydrogen (secondary N) is 1. The lowest BCUT2D eigenvalue weighted by molar-refractivity contribution is 0.0937. The summed E-state index contributed by atoms with van der Waals surface area (Å²) in [6.45, 7) is 4.71. The summed E-state index contributed by atoms with van der Waals surface area (Å²) in [6.07, 6.45) is 2.39. The predicted molar refractivity (Wildman–Crippen MR) is 101 cm³/mol. The lowest BCUT2D eigenvalue weighted by atomic mass is 10.0. The van der Waals surface area contributed by atoms with E-state index in [9.17, 15) is 9.18 Å². The third kappa shape index (κ3) is 4.47. The molecule has 5 heteroatoms. The number of carbonyl (C=O) groups excluding carboxylic acids is 1. The van der Waals surface area contributed by atoms with Crippen LogP contribution in [0.5, 0.6) is 0 Å². The highest BCUT2D eigenvalue weighted by molar-refractivity contribution is 9.10. The number of rotatable bonds is 5. The summed E-state index contributed by atoms with van der Waals surface area (Å²) in [4.78, 5) is 14.9. The molecule has 1 unspecified atom stereocenters. The van der Waals surface area contributed by atoms with Crippen molar-refractivity contribution in [3.63, 3.8) is 0 Å². The summed E-state index contributed by atoms with van der Waals surface area (Å²) >= 11 is 3.26. The summed E-state index contributed by atoms with van der Waals surface area (Å²) in [5, 5.41) is 3.02. The molecule has 1 atom stereocenters. The molecule has 0 spiro atoms. The zero-order chi connectivity index (χ0) is 17.8. The van der Waals surface area contributed by atoms with Crippen LogP contribution < -0.4 is 5.32 Å². The average molecular weight is 405 g/mol. The zero-order valence-electron chi connectivity index (χ0n) is 14.3. The lowest BCUT2D eigenvalue weighted by Gasteiger charge is -2.28. The van der Waals surface area contributed by atoms with Gasteiger partial charge >= 0.3 is 0 Å². The molecule has 2 aromatic carbocycles. The largest absolute Gasteiger partial charge is 0.350 e. The normalized spacial score (nSPS) is 16.0. The maximum atomic E-state index is 13.2.